The third-order valence-electron chi connectivity index (χ3n) is 10.7. The maximum atomic E-state index is 6.80. The summed E-state index contributed by atoms with van der Waals surface area (Å²) in [4.78, 5) is 0. The lowest BCUT2D eigenvalue weighted by Crippen LogP contribution is -2.25. The topological polar surface area (TPSA) is 9.23 Å². The van der Waals surface area contributed by atoms with Gasteiger partial charge in [-0.05, 0) is 83.9 Å². The van der Waals surface area contributed by atoms with Crippen molar-refractivity contribution in [2.45, 2.75) is 5.41 Å². The van der Waals surface area contributed by atoms with E-state index in [2.05, 4.69) is 158 Å². The van der Waals surface area contributed by atoms with Crippen LogP contribution in [0.15, 0.2) is 158 Å². The number of para-hydroxylation sites is 1. The van der Waals surface area contributed by atoms with E-state index in [1.165, 1.54) is 77.2 Å². The smallest absolute Gasteiger partial charge is 0.143 e. The summed E-state index contributed by atoms with van der Waals surface area (Å²) in [6, 6.07) is 58.2. The van der Waals surface area contributed by atoms with Crippen molar-refractivity contribution in [1.29, 1.82) is 0 Å². The summed E-state index contributed by atoms with van der Waals surface area (Å²) in [7, 11) is 0. The lowest BCUT2D eigenvalue weighted by molar-refractivity contribution is 0.489. The first-order valence-electron chi connectivity index (χ1n) is 16.0. The zero-order valence-corrected chi connectivity index (χ0v) is 24.9. The second kappa shape index (κ2) is 8.62. The molecule has 46 heavy (non-hydrogen) atoms. The van der Waals surface area contributed by atoms with Crippen LogP contribution in [0.3, 0.4) is 0 Å². The van der Waals surface area contributed by atoms with Gasteiger partial charge in [0.2, 0.25) is 0 Å². The van der Waals surface area contributed by atoms with Gasteiger partial charge in [0.05, 0.1) is 5.41 Å². The van der Waals surface area contributed by atoms with Crippen LogP contribution in [0.2, 0.25) is 0 Å². The average molecular weight is 583 g/mol. The van der Waals surface area contributed by atoms with Crippen LogP contribution in [0.4, 0.5) is 0 Å². The lowest BCUT2D eigenvalue weighted by Gasteiger charge is -2.31. The fourth-order valence-electron chi connectivity index (χ4n) is 8.89. The number of fused-ring (bicyclic) bond motifs is 14. The molecule has 212 valence electrons. The fourth-order valence-corrected chi connectivity index (χ4v) is 8.89. The number of benzene rings is 8. The van der Waals surface area contributed by atoms with Crippen LogP contribution in [0.5, 0.6) is 11.5 Å². The summed E-state index contributed by atoms with van der Waals surface area (Å²) < 4.78 is 6.80. The van der Waals surface area contributed by atoms with Crippen molar-refractivity contribution >= 4 is 21.5 Å². The van der Waals surface area contributed by atoms with Gasteiger partial charge in [-0.1, -0.05) is 146 Å². The highest BCUT2D eigenvalue weighted by molar-refractivity contribution is 6.08. The van der Waals surface area contributed by atoms with Gasteiger partial charge in [0, 0.05) is 16.5 Å². The first-order valence-corrected chi connectivity index (χ1v) is 16.0. The largest absolute Gasteiger partial charge is 0.455 e. The van der Waals surface area contributed by atoms with Crippen LogP contribution in [-0.4, -0.2) is 0 Å². The van der Waals surface area contributed by atoms with Crippen molar-refractivity contribution in [3.63, 3.8) is 0 Å². The van der Waals surface area contributed by atoms with E-state index in [0.717, 1.165) is 22.6 Å². The molecular weight excluding hydrogens is 556 g/mol. The van der Waals surface area contributed by atoms with Crippen molar-refractivity contribution in [2.24, 2.45) is 0 Å². The molecule has 0 fully saturated rings. The highest BCUT2D eigenvalue weighted by Crippen LogP contribution is 2.64. The van der Waals surface area contributed by atoms with E-state index in [1.54, 1.807) is 0 Å². The number of hydrogen-bond donors (Lipinski definition) is 0. The van der Waals surface area contributed by atoms with Gasteiger partial charge in [-0.15, -0.1) is 0 Å². The molecule has 0 unspecified atom stereocenters. The second-order valence-corrected chi connectivity index (χ2v) is 12.8. The third kappa shape index (κ3) is 2.87. The maximum absolute atomic E-state index is 6.80. The second-order valence-electron chi connectivity index (χ2n) is 12.8. The van der Waals surface area contributed by atoms with Crippen molar-refractivity contribution in [3.8, 4) is 56.0 Å². The number of ether oxygens (including phenoxy) is 1. The van der Waals surface area contributed by atoms with E-state index >= 15 is 0 Å². The van der Waals surface area contributed by atoms with Crippen LogP contribution >= 0.6 is 0 Å². The summed E-state index contributed by atoms with van der Waals surface area (Å²) in [5.74, 6) is 1.85. The molecule has 0 bridgehead atoms. The van der Waals surface area contributed by atoms with Gasteiger partial charge in [-0.2, -0.15) is 0 Å². The highest BCUT2D eigenvalue weighted by Gasteiger charge is 2.52. The Morgan fingerprint density at radius 2 is 1.04 bits per heavy atom. The summed E-state index contributed by atoms with van der Waals surface area (Å²) in [5, 5.41) is 4.96. The van der Waals surface area contributed by atoms with Gasteiger partial charge in [-0.3, -0.25) is 0 Å². The van der Waals surface area contributed by atoms with Crippen LogP contribution in [0.25, 0.3) is 66.1 Å². The first kappa shape index (κ1) is 24.4. The molecule has 1 aliphatic heterocycles. The Kier molecular flexibility index (Phi) is 4.57. The molecular formula is C45H26O. The monoisotopic (exact) mass is 582 g/mol. The predicted molar refractivity (Wildman–Crippen MR) is 189 cm³/mol. The maximum Gasteiger partial charge on any atom is 0.143 e. The van der Waals surface area contributed by atoms with E-state index in [4.69, 9.17) is 4.74 Å². The third-order valence-corrected chi connectivity index (χ3v) is 10.7. The molecule has 2 aliphatic carbocycles. The molecule has 3 aliphatic rings. The predicted octanol–water partition coefficient (Wildman–Crippen LogP) is 11.8. The summed E-state index contributed by atoms with van der Waals surface area (Å²) in [5.41, 5.74) is 14.9. The van der Waals surface area contributed by atoms with E-state index < -0.39 is 5.41 Å². The Morgan fingerprint density at radius 3 is 1.89 bits per heavy atom. The highest BCUT2D eigenvalue weighted by atomic mass is 16.5. The molecule has 0 amide bonds. The standard InChI is InChI=1S/C45H26O/c1-2-13-30-27(10-1)23-25-39-43(30)36-24-22-29(26-40(36)45(39)37-19-5-3-14-32(37)33-15-4-6-20-38(33)45)31-16-9-18-35-34-17-7-11-28-12-8-21-41(42(28)34)46-44(31)35/h1-26H. The van der Waals surface area contributed by atoms with Crippen LogP contribution < -0.4 is 4.74 Å². The van der Waals surface area contributed by atoms with Crippen LogP contribution in [-0.2, 0) is 5.41 Å². The van der Waals surface area contributed by atoms with Crippen LogP contribution in [0.1, 0.15) is 22.3 Å². The fraction of sp³-hybridized carbons (Fsp3) is 0.0222. The molecule has 0 saturated carbocycles. The first-order chi connectivity index (χ1) is 22.8. The molecule has 1 spiro atoms. The summed E-state index contributed by atoms with van der Waals surface area (Å²) in [6.45, 7) is 0. The minimum Gasteiger partial charge on any atom is -0.455 e. The Balaban J connectivity index is 1.23. The SMILES string of the molecule is c1ccc2c(c1)-c1ccccc1C21c2cc(-c3cccc4c3Oc3cccc5cccc-4c35)ccc2-c2c1ccc1ccccc21. The van der Waals surface area contributed by atoms with E-state index in [9.17, 15) is 0 Å². The molecule has 0 saturated heterocycles. The van der Waals surface area contributed by atoms with E-state index in [0.29, 0.717) is 0 Å². The molecule has 0 radical (unpaired) electrons. The Labute approximate surface area is 267 Å². The zero-order valence-electron chi connectivity index (χ0n) is 24.9. The molecule has 1 heterocycles. The molecule has 0 aromatic heterocycles. The van der Waals surface area contributed by atoms with Crippen molar-refractivity contribution in [3.05, 3.63) is 180 Å². The van der Waals surface area contributed by atoms with Gasteiger partial charge >= 0.3 is 0 Å². The van der Waals surface area contributed by atoms with Gasteiger partial charge in [0.25, 0.3) is 0 Å². The number of hydrogen-bond acceptors (Lipinski definition) is 1. The average Bonchev–Trinajstić information content (AvgIpc) is 3.59. The van der Waals surface area contributed by atoms with Crippen molar-refractivity contribution in [1.82, 2.24) is 0 Å². The normalized spacial score (nSPS) is 14.0. The molecule has 1 heteroatoms. The Bertz CT molecular complexity index is 2570. The summed E-state index contributed by atoms with van der Waals surface area (Å²) >= 11 is 0. The minimum absolute atomic E-state index is 0.411. The van der Waals surface area contributed by atoms with E-state index in [1.807, 2.05) is 0 Å². The molecule has 8 aromatic rings. The molecule has 1 nitrogen and oxygen atoms in total. The zero-order chi connectivity index (χ0) is 30.0. The van der Waals surface area contributed by atoms with Gasteiger partial charge in [0.15, 0.2) is 0 Å². The summed E-state index contributed by atoms with van der Waals surface area (Å²) in [6.07, 6.45) is 0. The molecule has 11 rings (SSSR count). The van der Waals surface area contributed by atoms with Crippen LogP contribution in [0, 0.1) is 0 Å². The van der Waals surface area contributed by atoms with Crippen molar-refractivity contribution in [2.75, 3.05) is 0 Å². The van der Waals surface area contributed by atoms with Gasteiger partial charge in [0.1, 0.15) is 11.5 Å². The number of rotatable bonds is 1. The van der Waals surface area contributed by atoms with Gasteiger partial charge in [-0.25, -0.2) is 0 Å². The Morgan fingerprint density at radius 1 is 0.391 bits per heavy atom. The van der Waals surface area contributed by atoms with Crippen molar-refractivity contribution < 1.29 is 4.74 Å². The molecule has 8 aromatic carbocycles. The Hall–Kier alpha value is -5.92. The lowest BCUT2D eigenvalue weighted by atomic mass is 9.70. The molecule has 0 atom stereocenters. The molecule has 0 N–H and O–H groups in total. The van der Waals surface area contributed by atoms with Gasteiger partial charge < -0.3 is 4.74 Å². The minimum atomic E-state index is -0.411. The quantitative estimate of drug-likeness (QED) is 0.187. The van der Waals surface area contributed by atoms with E-state index in [-0.39, 0.29) is 0 Å².